The molecular formula is C12H25NS. The molecule has 0 aromatic rings. The Balaban J connectivity index is 2.06. The molecule has 0 aromatic carbocycles. The third-order valence-corrected chi connectivity index (χ3v) is 4.55. The van der Waals surface area contributed by atoms with Gasteiger partial charge in [-0.2, -0.15) is 11.8 Å². The van der Waals surface area contributed by atoms with E-state index in [0.717, 1.165) is 11.3 Å². The average molecular weight is 215 g/mol. The van der Waals surface area contributed by atoms with Gasteiger partial charge >= 0.3 is 0 Å². The van der Waals surface area contributed by atoms with E-state index < -0.39 is 0 Å². The second kappa shape index (κ2) is 7.58. The van der Waals surface area contributed by atoms with Crippen LogP contribution in [0.5, 0.6) is 0 Å². The van der Waals surface area contributed by atoms with Gasteiger partial charge in [0.15, 0.2) is 0 Å². The Morgan fingerprint density at radius 1 is 1.29 bits per heavy atom. The molecule has 2 heteroatoms. The van der Waals surface area contributed by atoms with Crippen molar-refractivity contribution in [3.8, 4) is 0 Å². The topological polar surface area (TPSA) is 12.0 Å². The van der Waals surface area contributed by atoms with Crippen LogP contribution in [0.1, 0.15) is 52.4 Å². The molecule has 1 saturated carbocycles. The number of thioether (sulfide) groups is 1. The standard InChI is InChI=1S/C12H25NS/c1-3-9-13-11(4-2)10-14-12-7-5-6-8-12/h11-13H,3-10H2,1-2H3. The van der Waals surface area contributed by atoms with Crippen LogP contribution in [0.3, 0.4) is 0 Å². The predicted octanol–water partition coefficient (Wildman–Crippen LogP) is 3.44. The summed E-state index contributed by atoms with van der Waals surface area (Å²) in [6, 6.07) is 0.751. The van der Waals surface area contributed by atoms with Crippen molar-refractivity contribution in [3.63, 3.8) is 0 Å². The smallest absolute Gasteiger partial charge is 0.0155 e. The van der Waals surface area contributed by atoms with Gasteiger partial charge in [0.05, 0.1) is 0 Å². The summed E-state index contributed by atoms with van der Waals surface area (Å²) in [7, 11) is 0. The van der Waals surface area contributed by atoms with Crippen molar-refractivity contribution in [3.05, 3.63) is 0 Å². The quantitative estimate of drug-likeness (QED) is 0.698. The zero-order valence-corrected chi connectivity index (χ0v) is 10.5. The first kappa shape index (κ1) is 12.4. The van der Waals surface area contributed by atoms with Crippen LogP contribution in [-0.4, -0.2) is 23.6 Å². The van der Waals surface area contributed by atoms with Gasteiger partial charge in [0.1, 0.15) is 0 Å². The van der Waals surface area contributed by atoms with E-state index in [1.54, 1.807) is 0 Å². The maximum absolute atomic E-state index is 3.62. The van der Waals surface area contributed by atoms with Crippen molar-refractivity contribution in [2.45, 2.75) is 63.7 Å². The molecule has 84 valence electrons. The van der Waals surface area contributed by atoms with Crippen molar-refractivity contribution in [1.29, 1.82) is 0 Å². The second-order valence-corrected chi connectivity index (χ2v) is 5.63. The van der Waals surface area contributed by atoms with E-state index in [9.17, 15) is 0 Å². The van der Waals surface area contributed by atoms with Crippen LogP contribution in [-0.2, 0) is 0 Å². The van der Waals surface area contributed by atoms with Gasteiger partial charge in [-0.05, 0) is 32.2 Å². The lowest BCUT2D eigenvalue weighted by Gasteiger charge is -2.18. The second-order valence-electron chi connectivity index (χ2n) is 4.30. The highest BCUT2D eigenvalue weighted by Crippen LogP contribution is 2.29. The fourth-order valence-corrected chi connectivity index (χ4v) is 3.50. The molecule has 0 saturated heterocycles. The van der Waals surface area contributed by atoms with Crippen molar-refractivity contribution in [1.82, 2.24) is 5.32 Å². The van der Waals surface area contributed by atoms with Gasteiger partial charge in [-0.25, -0.2) is 0 Å². The summed E-state index contributed by atoms with van der Waals surface area (Å²) in [4.78, 5) is 0. The lowest BCUT2D eigenvalue weighted by atomic mass is 10.2. The van der Waals surface area contributed by atoms with E-state index >= 15 is 0 Å². The zero-order chi connectivity index (χ0) is 10.2. The van der Waals surface area contributed by atoms with E-state index in [1.807, 2.05) is 0 Å². The Morgan fingerprint density at radius 3 is 2.57 bits per heavy atom. The Labute approximate surface area is 93.4 Å². The van der Waals surface area contributed by atoms with Crippen LogP contribution in [0.4, 0.5) is 0 Å². The summed E-state index contributed by atoms with van der Waals surface area (Å²) in [6.45, 7) is 5.72. The van der Waals surface area contributed by atoms with Gasteiger partial charge in [-0.1, -0.05) is 26.7 Å². The van der Waals surface area contributed by atoms with Gasteiger partial charge in [-0.3, -0.25) is 0 Å². The van der Waals surface area contributed by atoms with Gasteiger partial charge in [0.2, 0.25) is 0 Å². The molecule has 0 radical (unpaired) electrons. The first-order valence-corrected chi connectivity index (χ1v) is 7.26. The summed E-state index contributed by atoms with van der Waals surface area (Å²) in [5, 5.41) is 4.60. The van der Waals surface area contributed by atoms with Gasteiger partial charge in [-0.15, -0.1) is 0 Å². The molecule has 1 atom stereocenters. The highest BCUT2D eigenvalue weighted by Gasteiger charge is 2.16. The van der Waals surface area contributed by atoms with Crippen LogP contribution < -0.4 is 5.32 Å². The Hall–Kier alpha value is 0.310. The Kier molecular flexibility index (Phi) is 6.70. The van der Waals surface area contributed by atoms with E-state index in [0.29, 0.717) is 0 Å². The predicted molar refractivity (Wildman–Crippen MR) is 67.1 cm³/mol. The van der Waals surface area contributed by atoms with E-state index in [2.05, 4.69) is 30.9 Å². The van der Waals surface area contributed by atoms with Crippen molar-refractivity contribution >= 4 is 11.8 Å². The molecule has 0 aliphatic heterocycles. The van der Waals surface area contributed by atoms with Crippen LogP contribution in [0.2, 0.25) is 0 Å². The molecule has 1 unspecified atom stereocenters. The molecule has 1 aliphatic rings. The van der Waals surface area contributed by atoms with E-state index in [-0.39, 0.29) is 0 Å². The molecule has 1 N–H and O–H groups in total. The normalized spacial score (nSPS) is 20.1. The maximum atomic E-state index is 3.62. The van der Waals surface area contributed by atoms with Gasteiger partial charge in [0, 0.05) is 17.0 Å². The molecule has 0 bridgehead atoms. The first-order chi connectivity index (χ1) is 6.86. The summed E-state index contributed by atoms with van der Waals surface area (Å²) in [6.07, 6.45) is 8.40. The summed E-state index contributed by atoms with van der Waals surface area (Å²) in [5.41, 5.74) is 0. The van der Waals surface area contributed by atoms with Crippen LogP contribution in [0.15, 0.2) is 0 Å². The molecule has 1 rings (SSSR count). The van der Waals surface area contributed by atoms with Crippen molar-refractivity contribution < 1.29 is 0 Å². The van der Waals surface area contributed by atoms with Crippen LogP contribution in [0, 0.1) is 0 Å². The minimum atomic E-state index is 0.751. The number of nitrogens with one attached hydrogen (secondary N) is 1. The molecule has 1 aliphatic carbocycles. The first-order valence-electron chi connectivity index (χ1n) is 6.21. The highest BCUT2D eigenvalue weighted by atomic mass is 32.2. The SMILES string of the molecule is CCCNC(CC)CSC1CCCC1. The molecular weight excluding hydrogens is 190 g/mol. The lowest BCUT2D eigenvalue weighted by molar-refractivity contribution is 0.539. The molecule has 14 heavy (non-hydrogen) atoms. The minimum Gasteiger partial charge on any atom is -0.313 e. The third-order valence-electron chi connectivity index (χ3n) is 3.01. The fourth-order valence-electron chi connectivity index (χ4n) is 1.98. The Bertz CT molecular complexity index is 132. The minimum absolute atomic E-state index is 0.751. The molecule has 0 spiro atoms. The molecule has 1 nitrogen and oxygen atoms in total. The molecule has 1 fully saturated rings. The van der Waals surface area contributed by atoms with E-state index in [4.69, 9.17) is 0 Å². The number of rotatable bonds is 7. The fraction of sp³-hybridized carbons (Fsp3) is 1.00. The molecule has 0 heterocycles. The number of hydrogen-bond donors (Lipinski definition) is 1. The van der Waals surface area contributed by atoms with Crippen LogP contribution in [0.25, 0.3) is 0 Å². The maximum Gasteiger partial charge on any atom is 0.0155 e. The molecule has 0 aromatic heterocycles. The Morgan fingerprint density at radius 2 is 2.00 bits per heavy atom. The van der Waals surface area contributed by atoms with Gasteiger partial charge in [0.25, 0.3) is 0 Å². The third kappa shape index (κ3) is 4.70. The highest BCUT2D eigenvalue weighted by molar-refractivity contribution is 7.99. The van der Waals surface area contributed by atoms with Gasteiger partial charge < -0.3 is 5.32 Å². The summed E-state index contributed by atoms with van der Waals surface area (Å²) in [5.74, 6) is 1.32. The molecule has 0 amide bonds. The lowest BCUT2D eigenvalue weighted by Crippen LogP contribution is -2.31. The summed E-state index contributed by atoms with van der Waals surface area (Å²) < 4.78 is 0. The van der Waals surface area contributed by atoms with Crippen molar-refractivity contribution in [2.75, 3.05) is 12.3 Å². The monoisotopic (exact) mass is 215 g/mol. The van der Waals surface area contributed by atoms with Crippen LogP contribution >= 0.6 is 11.8 Å². The van der Waals surface area contributed by atoms with E-state index in [1.165, 1.54) is 50.8 Å². The number of hydrogen-bond acceptors (Lipinski definition) is 2. The largest absolute Gasteiger partial charge is 0.313 e. The average Bonchev–Trinajstić information content (AvgIpc) is 2.71. The summed E-state index contributed by atoms with van der Waals surface area (Å²) >= 11 is 2.20. The van der Waals surface area contributed by atoms with Crippen molar-refractivity contribution in [2.24, 2.45) is 0 Å². The zero-order valence-electron chi connectivity index (χ0n) is 9.72.